The molecule has 1 aromatic rings. The lowest BCUT2D eigenvalue weighted by Gasteiger charge is -2.21. The van der Waals surface area contributed by atoms with Crippen molar-refractivity contribution in [1.82, 2.24) is 15.5 Å². The summed E-state index contributed by atoms with van der Waals surface area (Å²) in [5.74, 6) is 0.0507. The molecule has 27 heavy (non-hydrogen) atoms. The zero-order valence-corrected chi connectivity index (χ0v) is 17.0. The van der Waals surface area contributed by atoms with Crippen molar-refractivity contribution in [3.05, 3.63) is 30.1 Å². The third-order valence-electron chi connectivity index (χ3n) is 4.24. The molecule has 0 spiro atoms. The number of hydrogen-bond donors (Lipinski definition) is 3. The first-order chi connectivity index (χ1) is 13.0. The highest BCUT2D eigenvalue weighted by molar-refractivity contribution is 5.94. The zero-order valence-electron chi connectivity index (χ0n) is 17.0. The minimum absolute atomic E-state index is 0.00111. The maximum absolute atomic E-state index is 12.9. The molecule has 6 nitrogen and oxygen atoms in total. The minimum Gasteiger partial charge on any atom is -0.357 e. The van der Waals surface area contributed by atoms with Gasteiger partial charge in [0.2, 0.25) is 5.91 Å². The molecule has 0 bridgehead atoms. The first-order valence-electron chi connectivity index (χ1n) is 9.81. The van der Waals surface area contributed by atoms with Crippen LogP contribution in [0.5, 0.6) is 0 Å². The third-order valence-corrected chi connectivity index (χ3v) is 4.24. The number of carbonyl (C=O) groups is 1. The molecule has 0 saturated heterocycles. The van der Waals surface area contributed by atoms with Crippen molar-refractivity contribution in [3.63, 3.8) is 0 Å². The highest BCUT2D eigenvalue weighted by Crippen LogP contribution is 2.07. The average molecular weight is 380 g/mol. The number of carbonyl (C=O) groups excluding carboxylic acids is 1. The van der Waals surface area contributed by atoms with Gasteiger partial charge in [-0.15, -0.1) is 0 Å². The number of halogens is 1. The van der Waals surface area contributed by atoms with Crippen LogP contribution in [-0.4, -0.2) is 55.5 Å². The van der Waals surface area contributed by atoms with Crippen molar-refractivity contribution in [3.8, 4) is 0 Å². The number of guanidine groups is 1. The van der Waals surface area contributed by atoms with E-state index in [9.17, 15) is 9.18 Å². The Bertz CT molecular complexity index is 572. The van der Waals surface area contributed by atoms with E-state index in [0.29, 0.717) is 11.6 Å². The van der Waals surface area contributed by atoms with Gasteiger partial charge in [-0.2, -0.15) is 0 Å². The topological polar surface area (TPSA) is 68.8 Å². The predicted molar refractivity (Wildman–Crippen MR) is 111 cm³/mol. The SMILES string of the molecule is CCNC(=NCC(=O)Nc1ccc(F)cc1)NC(C)CCCN(CC)CC. The van der Waals surface area contributed by atoms with Gasteiger partial charge in [0.15, 0.2) is 5.96 Å². The fraction of sp³-hybridized carbons (Fsp3) is 0.600. The fourth-order valence-corrected chi connectivity index (χ4v) is 2.67. The summed E-state index contributed by atoms with van der Waals surface area (Å²) in [6, 6.07) is 5.93. The minimum atomic E-state index is -0.334. The predicted octanol–water partition coefficient (Wildman–Crippen LogP) is 2.83. The Labute approximate surface area is 162 Å². The van der Waals surface area contributed by atoms with Gasteiger partial charge in [0.25, 0.3) is 0 Å². The summed E-state index contributed by atoms with van der Waals surface area (Å²) in [5.41, 5.74) is 0.555. The van der Waals surface area contributed by atoms with Crippen LogP contribution in [0.4, 0.5) is 10.1 Å². The second kappa shape index (κ2) is 13.1. The molecule has 0 aliphatic heterocycles. The van der Waals surface area contributed by atoms with Crippen molar-refractivity contribution < 1.29 is 9.18 Å². The van der Waals surface area contributed by atoms with Gasteiger partial charge in [-0.3, -0.25) is 4.79 Å². The summed E-state index contributed by atoms with van der Waals surface area (Å²) in [7, 11) is 0. The van der Waals surface area contributed by atoms with Crippen molar-refractivity contribution in [2.75, 3.05) is 38.0 Å². The molecular formula is C20H34FN5O. The molecule has 7 heteroatoms. The highest BCUT2D eigenvalue weighted by atomic mass is 19.1. The Morgan fingerprint density at radius 1 is 1.19 bits per heavy atom. The summed E-state index contributed by atoms with van der Waals surface area (Å²) >= 11 is 0. The molecule has 0 aliphatic rings. The van der Waals surface area contributed by atoms with E-state index in [1.165, 1.54) is 24.3 Å². The number of amides is 1. The Balaban J connectivity index is 2.45. The van der Waals surface area contributed by atoms with Gasteiger partial charge < -0.3 is 20.9 Å². The average Bonchev–Trinajstić information content (AvgIpc) is 2.65. The lowest BCUT2D eigenvalue weighted by molar-refractivity contribution is -0.114. The highest BCUT2D eigenvalue weighted by Gasteiger charge is 2.08. The molecule has 0 saturated carbocycles. The number of rotatable bonds is 11. The van der Waals surface area contributed by atoms with Gasteiger partial charge in [-0.25, -0.2) is 9.38 Å². The number of anilines is 1. The number of aliphatic imine (C=N–C) groups is 1. The second-order valence-electron chi connectivity index (χ2n) is 6.46. The molecule has 0 radical (unpaired) electrons. The summed E-state index contributed by atoms with van der Waals surface area (Å²) in [4.78, 5) is 18.8. The lowest BCUT2D eigenvalue weighted by atomic mass is 10.2. The van der Waals surface area contributed by atoms with Crippen molar-refractivity contribution in [1.29, 1.82) is 0 Å². The number of nitrogens with one attached hydrogen (secondary N) is 3. The Kier molecular flexibility index (Phi) is 11.1. The largest absolute Gasteiger partial charge is 0.357 e. The first kappa shape index (κ1) is 22.9. The maximum atomic E-state index is 12.9. The van der Waals surface area contributed by atoms with E-state index in [1.54, 1.807) is 0 Å². The van der Waals surface area contributed by atoms with Crippen LogP contribution < -0.4 is 16.0 Å². The van der Waals surface area contributed by atoms with E-state index >= 15 is 0 Å². The summed E-state index contributed by atoms with van der Waals surface area (Å²) < 4.78 is 12.9. The molecule has 1 atom stereocenters. The van der Waals surface area contributed by atoms with Crippen LogP contribution in [0.1, 0.15) is 40.5 Å². The maximum Gasteiger partial charge on any atom is 0.246 e. The first-order valence-corrected chi connectivity index (χ1v) is 9.81. The molecule has 0 aromatic heterocycles. The van der Waals surface area contributed by atoms with Crippen LogP contribution in [0.2, 0.25) is 0 Å². The lowest BCUT2D eigenvalue weighted by Crippen LogP contribution is -2.43. The van der Waals surface area contributed by atoms with Gasteiger partial charge >= 0.3 is 0 Å². The molecule has 1 rings (SSSR count). The molecular weight excluding hydrogens is 345 g/mol. The third kappa shape index (κ3) is 9.94. The summed E-state index contributed by atoms with van der Waals surface area (Å²) in [5, 5.41) is 9.21. The van der Waals surface area contributed by atoms with Gasteiger partial charge in [-0.1, -0.05) is 13.8 Å². The van der Waals surface area contributed by atoms with Gasteiger partial charge in [0.05, 0.1) is 0 Å². The fourth-order valence-electron chi connectivity index (χ4n) is 2.67. The van der Waals surface area contributed by atoms with Crippen molar-refractivity contribution in [2.24, 2.45) is 4.99 Å². The molecule has 1 aromatic carbocycles. The van der Waals surface area contributed by atoms with E-state index in [-0.39, 0.29) is 24.3 Å². The smallest absolute Gasteiger partial charge is 0.246 e. The van der Waals surface area contributed by atoms with E-state index in [2.05, 4.69) is 46.6 Å². The summed E-state index contributed by atoms with van der Waals surface area (Å²) in [6.45, 7) is 12.4. The van der Waals surface area contributed by atoms with Gasteiger partial charge in [-0.05, 0) is 70.6 Å². The molecule has 1 unspecified atom stereocenters. The second-order valence-corrected chi connectivity index (χ2v) is 6.46. The standard InChI is InChI=1S/C20H34FN5O/c1-5-22-20(24-16(4)9-8-14-26(6-2)7-3)23-15-19(27)25-18-12-10-17(21)11-13-18/h10-13,16H,5-9,14-15H2,1-4H3,(H,25,27)(H2,22,23,24). The van der Waals surface area contributed by atoms with Crippen LogP contribution in [0.15, 0.2) is 29.3 Å². The van der Waals surface area contributed by atoms with E-state index in [1.807, 2.05) is 6.92 Å². The normalized spacial score (nSPS) is 12.7. The van der Waals surface area contributed by atoms with Crippen molar-refractivity contribution >= 4 is 17.6 Å². The number of hydrogen-bond acceptors (Lipinski definition) is 3. The molecule has 0 heterocycles. The van der Waals surface area contributed by atoms with Crippen molar-refractivity contribution in [2.45, 2.75) is 46.6 Å². The van der Waals surface area contributed by atoms with Crippen LogP contribution in [0.3, 0.4) is 0 Å². The monoisotopic (exact) mass is 379 g/mol. The Morgan fingerprint density at radius 3 is 2.44 bits per heavy atom. The van der Waals surface area contributed by atoms with E-state index < -0.39 is 0 Å². The zero-order chi connectivity index (χ0) is 20.1. The van der Waals surface area contributed by atoms with Gasteiger partial charge in [0, 0.05) is 18.3 Å². The van der Waals surface area contributed by atoms with Crippen LogP contribution in [0, 0.1) is 5.82 Å². The molecule has 3 N–H and O–H groups in total. The van der Waals surface area contributed by atoms with Crippen LogP contribution in [0.25, 0.3) is 0 Å². The summed E-state index contributed by atoms with van der Waals surface area (Å²) in [6.07, 6.45) is 2.14. The van der Waals surface area contributed by atoms with Crippen LogP contribution in [-0.2, 0) is 4.79 Å². The molecule has 1 amide bonds. The number of nitrogens with zero attached hydrogens (tertiary/aromatic N) is 2. The molecule has 0 aliphatic carbocycles. The van der Waals surface area contributed by atoms with E-state index in [4.69, 9.17) is 0 Å². The molecule has 152 valence electrons. The number of benzene rings is 1. The van der Waals surface area contributed by atoms with Crippen LogP contribution >= 0.6 is 0 Å². The quantitative estimate of drug-likeness (QED) is 0.408. The van der Waals surface area contributed by atoms with E-state index in [0.717, 1.165) is 39.0 Å². The Morgan fingerprint density at radius 2 is 1.85 bits per heavy atom. The van der Waals surface area contributed by atoms with Gasteiger partial charge in [0.1, 0.15) is 12.4 Å². The molecule has 0 fully saturated rings. The Hall–Kier alpha value is -2.15.